The number of halogens is 1. The first kappa shape index (κ1) is 11.1. The van der Waals surface area contributed by atoms with Crippen molar-refractivity contribution >= 4 is 5.78 Å². The van der Waals surface area contributed by atoms with E-state index in [1.54, 1.807) is 6.07 Å². The van der Waals surface area contributed by atoms with Gasteiger partial charge in [0.15, 0.2) is 11.9 Å². The fourth-order valence-corrected chi connectivity index (χ4v) is 1.91. The van der Waals surface area contributed by atoms with E-state index in [0.717, 1.165) is 5.56 Å². The van der Waals surface area contributed by atoms with Gasteiger partial charge in [0.05, 0.1) is 0 Å². The van der Waals surface area contributed by atoms with Crippen LogP contribution in [0.3, 0.4) is 0 Å². The van der Waals surface area contributed by atoms with Crippen LogP contribution in [0.25, 0.3) is 0 Å². The monoisotopic (exact) mass is 222 g/mol. The minimum atomic E-state index is -0.417. The highest BCUT2D eigenvalue weighted by Gasteiger charge is 2.29. The summed E-state index contributed by atoms with van der Waals surface area (Å²) in [5.41, 5.74) is 0.920. The van der Waals surface area contributed by atoms with Crippen molar-refractivity contribution in [2.75, 3.05) is 0 Å². The van der Waals surface area contributed by atoms with Crippen LogP contribution in [0.4, 0.5) is 4.39 Å². The molecule has 1 unspecified atom stereocenters. The van der Waals surface area contributed by atoms with Crippen LogP contribution < -0.4 is 4.74 Å². The van der Waals surface area contributed by atoms with E-state index in [0.29, 0.717) is 24.5 Å². The predicted octanol–water partition coefficient (Wildman–Crippen LogP) is 2.74. The lowest BCUT2D eigenvalue weighted by atomic mass is 10.0. The maximum absolute atomic E-state index is 12.9. The molecule has 1 heterocycles. The zero-order chi connectivity index (χ0) is 11.7. The van der Waals surface area contributed by atoms with Gasteiger partial charge in [-0.25, -0.2) is 4.39 Å². The van der Waals surface area contributed by atoms with Gasteiger partial charge in [0.1, 0.15) is 11.6 Å². The summed E-state index contributed by atoms with van der Waals surface area (Å²) < 4.78 is 18.4. The first-order valence-electron chi connectivity index (χ1n) is 5.54. The van der Waals surface area contributed by atoms with Crippen molar-refractivity contribution in [1.29, 1.82) is 0 Å². The number of benzene rings is 1. The number of ketones is 1. The first-order valence-corrected chi connectivity index (χ1v) is 5.54. The van der Waals surface area contributed by atoms with E-state index in [-0.39, 0.29) is 11.6 Å². The van der Waals surface area contributed by atoms with E-state index >= 15 is 0 Å². The number of carbonyl (C=O) groups excluding carboxylic acids is 1. The molecule has 3 heteroatoms. The SMILES string of the molecule is CC(C)CC(=O)C1Cc2ccc(F)cc2O1. The van der Waals surface area contributed by atoms with E-state index < -0.39 is 6.10 Å². The summed E-state index contributed by atoms with van der Waals surface area (Å²) in [5, 5.41) is 0. The third-order valence-electron chi connectivity index (χ3n) is 2.67. The third-order valence-corrected chi connectivity index (χ3v) is 2.67. The lowest BCUT2D eigenvalue weighted by Crippen LogP contribution is -2.26. The highest BCUT2D eigenvalue weighted by molar-refractivity contribution is 5.84. The molecular weight excluding hydrogens is 207 g/mol. The zero-order valence-corrected chi connectivity index (χ0v) is 9.50. The quantitative estimate of drug-likeness (QED) is 0.786. The molecule has 1 aromatic rings. The maximum Gasteiger partial charge on any atom is 0.173 e. The van der Waals surface area contributed by atoms with Gasteiger partial charge >= 0.3 is 0 Å². The van der Waals surface area contributed by atoms with Crippen molar-refractivity contribution in [1.82, 2.24) is 0 Å². The molecular formula is C13H15FO2. The Kier molecular flexibility index (Phi) is 2.95. The van der Waals surface area contributed by atoms with Crippen molar-refractivity contribution in [2.45, 2.75) is 32.8 Å². The summed E-state index contributed by atoms with van der Waals surface area (Å²) in [6, 6.07) is 4.43. The second-order valence-electron chi connectivity index (χ2n) is 4.63. The van der Waals surface area contributed by atoms with Gasteiger partial charge in [-0.05, 0) is 17.5 Å². The molecule has 86 valence electrons. The molecule has 2 nitrogen and oxygen atoms in total. The molecule has 0 saturated heterocycles. The molecule has 0 spiro atoms. The number of hydrogen-bond acceptors (Lipinski definition) is 2. The molecule has 0 bridgehead atoms. The molecule has 2 rings (SSSR count). The largest absolute Gasteiger partial charge is 0.482 e. The van der Waals surface area contributed by atoms with E-state index in [1.165, 1.54) is 12.1 Å². The summed E-state index contributed by atoms with van der Waals surface area (Å²) in [6.07, 6.45) is 0.668. The molecule has 0 radical (unpaired) electrons. The lowest BCUT2D eigenvalue weighted by molar-refractivity contribution is -0.125. The Bertz CT molecular complexity index is 412. The normalized spacial score (nSPS) is 18.4. The van der Waals surface area contributed by atoms with E-state index in [1.807, 2.05) is 13.8 Å². The number of Topliss-reactive ketones (excluding diaryl/α,β-unsaturated/α-hetero) is 1. The van der Waals surface area contributed by atoms with Crippen LogP contribution in [0, 0.1) is 11.7 Å². The minimum Gasteiger partial charge on any atom is -0.482 e. The van der Waals surface area contributed by atoms with Gasteiger partial charge in [-0.3, -0.25) is 4.79 Å². The molecule has 0 amide bonds. The van der Waals surface area contributed by atoms with Crippen LogP contribution in [-0.4, -0.2) is 11.9 Å². The number of fused-ring (bicyclic) bond motifs is 1. The Balaban J connectivity index is 2.08. The summed E-state index contributed by atoms with van der Waals surface area (Å²) in [7, 11) is 0. The molecule has 1 aliphatic heterocycles. The fraction of sp³-hybridized carbons (Fsp3) is 0.462. The molecule has 1 aromatic carbocycles. The van der Waals surface area contributed by atoms with E-state index in [2.05, 4.69) is 0 Å². The van der Waals surface area contributed by atoms with E-state index in [4.69, 9.17) is 4.74 Å². The number of carbonyl (C=O) groups is 1. The standard InChI is InChI=1S/C13H15FO2/c1-8(2)5-11(15)13-6-9-3-4-10(14)7-12(9)16-13/h3-4,7-8,13H,5-6H2,1-2H3. The van der Waals surface area contributed by atoms with Crippen LogP contribution in [0.5, 0.6) is 5.75 Å². The van der Waals surface area contributed by atoms with Gasteiger partial charge in [0.2, 0.25) is 0 Å². The number of ether oxygens (including phenoxy) is 1. The average molecular weight is 222 g/mol. The van der Waals surface area contributed by atoms with Crippen molar-refractivity contribution in [3.05, 3.63) is 29.6 Å². The molecule has 0 N–H and O–H groups in total. The van der Waals surface area contributed by atoms with Gasteiger partial charge in [-0.2, -0.15) is 0 Å². The third kappa shape index (κ3) is 2.23. The Labute approximate surface area is 94.4 Å². The minimum absolute atomic E-state index is 0.103. The van der Waals surface area contributed by atoms with Crippen LogP contribution >= 0.6 is 0 Å². The molecule has 0 fully saturated rings. The lowest BCUT2D eigenvalue weighted by Gasteiger charge is -2.10. The Morgan fingerprint density at radius 3 is 3.00 bits per heavy atom. The topological polar surface area (TPSA) is 26.3 Å². The second kappa shape index (κ2) is 4.24. The van der Waals surface area contributed by atoms with Gasteiger partial charge < -0.3 is 4.74 Å². The average Bonchev–Trinajstić information content (AvgIpc) is 2.59. The second-order valence-corrected chi connectivity index (χ2v) is 4.63. The molecule has 16 heavy (non-hydrogen) atoms. The molecule has 0 aliphatic carbocycles. The van der Waals surface area contributed by atoms with Crippen LogP contribution in [-0.2, 0) is 11.2 Å². The van der Waals surface area contributed by atoms with Gasteiger partial charge in [-0.15, -0.1) is 0 Å². The maximum atomic E-state index is 12.9. The van der Waals surface area contributed by atoms with Crippen molar-refractivity contribution in [3.8, 4) is 5.75 Å². The Morgan fingerprint density at radius 1 is 1.56 bits per heavy atom. The fourth-order valence-electron chi connectivity index (χ4n) is 1.91. The highest BCUT2D eigenvalue weighted by Crippen LogP contribution is 2.30. The van der Waals surface area contributed by atoms with E-state index in [9.17, 15) is 9.18 Å². The van der Waals surface area contributed by atoms with Crippen LogP contribution in [0.2, 0.25) is 0 Å². The van der Waals surface area contributed by atoms with Gasteiger partial charge in [0.25, 0.3) is 0 Å². The first-order chi connectivity index (χ1) is 7.56. The van der Waals surface area contributed by atoms with Crippen LogP contribution in [0.15, 0.2) is 18.2 Å². The van der Waals surface area contributed by atoms with Crippen molar-refractivity contribution in [2.24, 2.45) is 5.92 Å². The smallest absolute Gasteiger partial charge is 0.173 e. The van der Waals surface area contributed by atoms with Gasteiger partial charge in [-0.1, -0.05) is 19.9 Å². The Hall–Kier alpha value is -1.38. The predicted molar refractivity (Wildman–Crippen MR) is 59.0 cm³/mol. The summed E-state index contributed by atoms with van der Waals surface area (Å²) in [4.78, 5) is 11.8. The zero-order valence-electron chi connectivity index (χ0n) is 9.50. The van der Waals surface area contributed by atoms with Crippen molar-refractivity contribution < 1.29 is 13.9 Å². The summed E-state index contributed by atoms with van der Waals surface area (Å²) in [6.45, 7) is 4.00. The molecule has 1 aliphatic rings. The number of hydrogen-bond donors (Lipinski definition) is 0. The molecule has 1 atom stereocenters. The van der Waals surface area contributed by atoms with Gasteiger partial charge in [0, 0.05) is 18.9 Å². The number of rotatable bonds is 3. The Morgan fingerprint density at radius 2 is 2.31 bits per heavy atom. The summed E-state index contributed by atoms with van der Waals surface area (Å²) >= 11 is 0. The summed E-state index contributed by atoms with van der Waals surface area (Å²) in [5.74, 6) is 0.626. The van der Waals surface area contributed by atoms with Crippen LogP contribution in [0.1, 0.15) is 25.8 Å². The molecule has 0 aromatic heterocycles. The highest BCUT2D eigenvalue weighted by atomic mass is 19.1. The molecule has 0 saturated carbocycles. The van der Waals surface area contributed by atoms with Crippen molar-refractivity contribution in [3.63, 3.8) is 0 Å².